The zero-order valence-electron chi connectivity index (χ0n) is 11.2. The lowest BCUT2D eigenvalue weighted by molar-refractivity contribution is 0.0602. The van der Waals surface area contributed by atoms with Crippen molar-refractivity contribution in [2.45, 2.75) is 19.4 Å². The fraction of sp³-hybridized carbons (Fsp3) is 0.538. The molecule has 0 aromatic carbocycles. The van der Waals surface area contributed by atoms with E-state index in [0.29, 0.717) is 23.0 Å². The molecule has 1 aliphatic heterocycles. The van der Waals surface area contributed by atoms with E-state index < -0.39 is 5.97 Å². The smallest absolute Gasteiger partial charge is 0.340 e. The summed E-state index contributed by atoms with van der Waals surface area (Å²) < 4.78 is 10.0. The largest absolute Gasteiger partial charge is 0.465 e. The van der Waals surface area contributed by atoms with Crippen LogP contribution in [0.1, 0.15) is 23.7 Å². The van der Waals surface area contributed by atoms with Gasteiger partial charge in [-0.3, -0.25) is 0 Å². The second-order valence-electron chi connectivity index (χ2n) is 4.67. The number of hydrogen-bond donors (Lipinski definition) is 2. The Morgan fingerprint density at radius 1 is 1.68 bits per heavy atom. The van der Waals surface area contributed by atoms with Crippen molar-refractivity contribution in [2.24, 2.45) is 5.92 Å². The predicted molar refractivity (Wildman–Crippen MR) is 72.0 cm³/mol. The zero-order chi connectivity index (χ0) is 13.8. The van der Waals surface area contributed by atoms with Crippen LogP contribution < -0.4 is 11.1 Å². The van der Waals surface area contributed by atoms with Crippen LogP contribution in [0.15, 0.2) is 12.3 Å². The molecule has 6 heteroatoms. The number of carbonyl (C=O) groups excluding carboxylic acids is 1. The Kier molecular flexibility index (Phi) is 4.21. The number of nitrogens with two attached hydrogens (primary N) is 1. The molecule has 1 aliphatic rings. The number of pyridine rings is 1. The lowest BCUT2D eigenvalue weighted by Crippen LogP contribution is -2.27. The molecule has 2 heterocycles. The van der Waals surface area contributed by atoms with Crippen molar-refractivity contribution in [2.75, 3.05) is 31.4 Å². The van der Waals surface area contributed by atoms with Crippen LogP contribution in [0.2, 0.25) is 0 Å². The third kappa shape index (κ3) is 2.96. The van der Waals surface area contributed by atoms with E-state index in [2.05, 4.69) is 22.0 Å². The molecule has 3 N–H and O–H groups in total. The number of hydrogen-bond acceptors (Lipinski definition) is 6. The monoisotopic (exact) mass is 265 g/mol. The summed E-state index contributed by atoms with van der Waals surface area (Å²) in [5, 5.41) is 3.25. The van der Waals surface area contributed by atoms with Gasteiger partial charge in [-0.15, -0.1) is 0 Å². The third-order valence-electron chi connectivity index (χ3n) is 3.43. The minimum absolute atomic E-state index is 0.185. The van der Waals surface area contributed by atoms with Crippen molar-refractivity contribution in [1.29, 1.82) is 0 Å². The normalized spacial score (nSPS) is 20.0. The quantitative estimate of drug-likeness (QED) is 0.798. The van der Waals surface area contributed by atoms with Gasteiger partial charge in [0.05, 0.1) is 25.0 Å². The average Bonchev–Trinajstić information content (AvgIpc) is 2.94. The maximum Gasteiger partial charge on any atom is 0.340 e. The topological polar surface area (TPSA) is 86.5 Å². The van der Waals surface area contributed by atoms with E-state index in [4.69, 9.17) is 10.5 Å². The van der Waals surface area contributed by atoms with Crippen LogP contribution in [-0.4, -0.2) is 37.3 Å². The zero-order valence-corrected chi connectivity index (χ0v) is 11.2. The van der Waals surface area contributed by atoms with Gasteiger partial charge in [0.1, 0.15) is 5.82 Å². The Labute approximate surface area is 112 Å². The number of nitrogens with one attached hydrogen (secondary N) is 1. The highest BCUT2D eigenvalue weighted by Gasteiger charge is 2.23. The summed E-state index contributed by atoms with van der Waals surface area (Å²) in [5.74, 6) is 0.491. The molecular formula is C13H19N3O3. The van der Waals surface area contributed by atoms with Crippen LogP contribution in [0, 0.1) is 5.92 Å². The molecule has 104 valence electrons. The maximum absolute atomic E-state index is 11.6. The SMILES string of the molecule is COC(=O)c1ccnc(NC(C)C2CCOC2)c1N. The van der Waals surface area contributed by atoms with Crippen LogP contribution >= 0.6 is 0 Å². The third-order valence-corrected chi connectivity index (χ3v) is 3.43. The van der Waals surface area contributed by atoms with E-state index in [1.165, 1.54) is 7.11 Å². The molecule has 19 heavy (non-hydrogen) atoms. The second-order valence-corrected chi connectivity index (χ2v) is 4.67. The standard InChI is InChI=1S/C13H19N3O3/c1-8(9-4-6-19-7-9)16-12-11(14)10(3-5-15-12)13(17)18-2/h3,5,8-9H,4,6-7,14H2,1-2H3,(H,15,16). The van der Waals surface area contributed by atoms with E-state index in [1.807, 2.05) is 0 Å². The molecule has 1 aromatic heterocycles. The minimum atomic E-state index is -0.459. The first-order valence-electron chi connectivity index (χ1n) is 6.30. The number of nitrogen functional groups attached to an aromatic ring is 1. The highest BCUT2D eigenvalue weighted by atomic mass is 16.5. The fourth-order valence-corrected chi connectivity index (χ4v) is 2.16. The lowest BCUT2D eigenvalue weighted by atomic mass is 10.0. The Balaban J connectivity index is 2.13. The first-order valence-corrected chi connectivity index (χ1v) is 6.30. The Morgan fingerprint density at radius 3 is 3.11 bits per heavy atom. The summed E-state index contributed by atoms with van der Waals surface area (Å²) in [6.45, 7) is 3.60. The molecule has 0 saturated carbocycles. The van der Waals surface area contributed by atoms with Gasteiger partial charge in [-0.1, -0.05) is 0 Å². The van der Waals surface area contributed by atoms with E-state index in [9.17, 15) is 4.79 Å². The number of esters is 1. The number of aromatic nitrogens is 1. The summed E-state index contributed by atoms with van der Waals surface area (Å²) in [7, 11) is 1.33. The van der Waals surface area contributed by atoms with Crippen LogP contribution in [0.4, 0.5) is 11.5 Å². The number of nitrogens with zero attached hydrogens (tertiary/aromatic N) is 1. The average molecular weight is 265 g/mol. The number of carbonyl (C=O) groups is 1. The van der Waals surface area contributed by atoms with Crippen molar-refractivity contribution in [1.82, 2.24) is 4.98 Å². The van der Waals surface area contributed by atoms with Gasteiger partial charge in [-0.25, -0.2) is 9.78 Å². The summed E-state index contributed by atoms with van der Waals surface area (Å²) in [5.41, 5.74) is 6.60. The van der Waals surface area contributed by atoms with Crippen molar-refractivity contribution in [3.63, 3.8) is 0 Å². The van der Waals surface area contributed by atoms with Crippen molar-refractivity contribution in [3.8, 4) is 0 Å². The molecule has 2 atom stereocenters. The summed E-state index contributed by atoms with van der Waals surface area (Å²) >= 11 is 0. The highest BCUT2D eigenvalue weighted by molar-refractivity contribution is 5.97. The van der Waals surface area contributed by atoms with E-state index in [0.717, 1.165) is 19.6 Å². The molecule has 0 spiro atoms. The van der Waals surface area contributed by atoms with Crippen molar-refractivity contribution in [3.05, 3.63) is 17.8 Å². The summed E-state index contributed by atoms with van der Waals surface area (Å²) in [6, 6.07) is 1.74. The number of methoxy groups -OCH3 is 1. The van der Waals surface area contributed by atoms with Gasteiger partial charge in [0, 0.05) is 24.8 Å². The van der Waals surface area contributed by atoms with Gasteiger partial charge < -0.3 is 20.5 Å². The Bertz CT molecular complexity index is 458. The van der Waals surface area contributed by atoms with E-state index >= 15 is 0 Å². The minimum Gasteiger partial charge on any atom is -0.465 e. The molecule has 2 rings (SSSR count). The first-order chi connectivity index (χ1) is 9.13. The maximum atomic E-state index is 11.6. The molecule has 1 fully saturated rings. The van der Waals surface area contributed by atoms with Gasteiger partial charge in [0.25, 0.3) is 0 Å². The molecule has 2 unspecified atom stereocenters. The van der Waals surface area contributed by atoms with Crippen LogP contribution in [0.3, 0.4) is 0 Å². The molecule has 0 amide bonds. The van der Waals surface area contributed by atoms with Crippen molar-refractivity contribution < 1.29 is 14.3 Å². The highest BCUT2D eigenvalue weighted by Crippen LogP contribution is 2.25. The summed E-state index contributed by atoms with van der Waals surface area (Å²) in [6.07, 6.45) is 2.56. The van der Waals surface area contributed by atoms with Crippen LogP contribution in [-0.2, 0) is 9.47 Å². The van der Waals surface area contributed by atoms with Crippen LogP contribution in [0.5, 0.6) is 0 Å². The number of anilines is 2. The van der Waals surface area contributed by atoms with Gasteiger partial charge in [-0.05, 0) is 19.4 Å². The van der Waals surface area contributed by atoms with Gasteiger partial charge in [0.2, 0.25) is 0 Å². The summed E-state index contributed by atoms with van der Waals surface area (Å²) in [4.78, 5) is 15.7. The molecule has 0 bridgehead atoms. The number of rotatable bonds is 4. The first kappa shape index (κ1) is 13.6. The number of ether oxygens (including phenoxy) is 2. The second kappa shape index (κ2) is 5.88. The molecule has 1 aromatic rings. The predicted octanol–water partition coefficient (Wildman–Crippen LogP) is 1.29. The molecular weight excluding hydrogens is 246 g/mol. The molecule has 1 saturated heterocycles. The Morgan fingerprint density at radius 2 is 2.47 bits per heavy atom. The van der Waals surface area contributed by atoms with E-state index in [-0.39, 0.29) is 6.04 Å². The van der Waals surface area contributed by atoms with E-state index in [1.54, 1.807) is 12.3 Å². The fourth-order valence-electron chi connectivity index (χ4n) is 2.16. The Hall–Kier alpha value is -1.82. The van der Waals surface area contributed by atoms with Crippen LogP contribution in [0.25, 0.3) is 0 Å². The van der Waals surface area contributed by atoms with Gasteiger partial charge >= 0.3 is 5.97 Å². The lowest BCUT2D eigenvalue weighted by Gasteiger charge is -2.21. The van der Waals surface area contributed by atoms with Gasteiger partial charge in [0.15, 0.2) is 0 Å². The van der Waals surface area contributed by atoms with Gasteiger partial charge in [-0.2, -0.15) is 0 Å². The van der Waals surface area contributed by atoms with Crippen molar-refractivity contribution >= 4 is 17.5 Å². The molecule has 6 nitrogen and oxygen atoms in total. The molecule has 0 aliphatic carbocycles. The molecule has 0 radical (unpaired) electrons.